The summed E-state index contributed by atoms with van der Waals surface area (Å²) in [6.07, 6.45) is 0.663. The molecule has 0 aliphatic carbocycles. The van der Waals surface area contributed by atoms with Crippen LogP contribution in [0.2, 0.25) is 0 Å². The van der Waals surface area contributed by atoms with Crippen LogP contribution >= 0.6 is 0 Å². The summed E-state index contributed by atoms with van der Waals surface area (Å²) in [6, 6.07) is 4.12. The minimum atomic E-state index is -1.18. The third kappa shape index (κ3) is 8.66. The van der Waals surface area contributed by atoms with E-state index in [1.807, 2.05) is 13.8 Å². The average Bonchev–Trinajstić information content (AvgIpc) is 2.53. The molecule has 1 atom stereocenters. The fraction of sp³-hybridized carbons (Fsp3) is 0.450. The number of hydrogen-bond donors (Lipinski definition) is 3. The Morgan fingerprint density at radius 2 is 1.75 bits per heavy atom. The third-order valence-electron chi connectivity index (χ3n) is 3.37. The first-order valence-electron chi connectivity index (χ1n) is 8.88. The molecule has 3 N–H and O–H groups in total. The van der Waals surface area contributed by atoms with E-state index >= 15 is 0 Å². The van der Waals surface area contributed by atoms with Gasteiger partial charge in [0, 0.05) is 0 Å². The smallest absolute Gasteiger partial charge is 0.412 e. The first kappa shape index (κ1) is 23.1. The number of carbonyl (C=O) groups is 3. The fourth-order valence-electron chi connectivity index (χ4n) is 2.23. The summed E-state index contributed by atoms with van der Waals surface area (Å²) in [7, 11) is 0. The Balaban J connectivity index is 3.10. The predicted molar refractivity (Wildman–Crippen MR) is 103 cm³/mol. The summed E-state index contributed by atoms with van der Waals surface area (Å²) in [5.41, 5.74) is -0.558. The van der Waals surface area contributed by atoms with E-state index in [2.05, 4.69) is 10.6 Å². The summed E-state index contributed by atoms with van der Waals surface area (Å²) < 4.78 is 18.3. The van der Waals surface area contributed by atoms with Gasteiger partial charge in [-0.25, -0.2) is 14.0 Å². The number of benzene rings is 1. The van der Waals surface area contributed by atoms with Crippen LogP contribution in [0.4, 0.5) is 9.18 Å². The second kappa shape index (κ2) is 9.87. The maximum atomic E-state index is 13.1. The number of amides is 2. The zero-order valence-electron chi connectivity index (χ0n) is 16.7. The summed E-state index contributed by atoms with van der Waals surface area (Å²) in [6.45, 7) is 8.66. The van der Waals surface area contributed by atoms with Crippen LogP contribution in [0.25, 0.3) is 6.08 Å². The molecular weight excluding hydrogens is 367 g/mol. The summed E-state index contributed by atoms with van der Waals surface area (Å²) in [5.74, 6) is -2.39. The largest absolute Gasteiger partial charge is 0.480 e. The molecule has 0 aliphatic heterocycles. The lowest BCUT2D eigenvalue weighted by molar-refractivity contribution is -0.141. The van der Waals surface area contributed by atoms with Gasteiger partial charge in [-0.3, -0.25) is 10.1 Å². The SMILES string of the molecule is CC(C)C[C@H](NC(=O)/C(=C/c1ccc(F)cc1)NC(=O)OC(C)(C)C)C(=O)O. The molecule has 7 nitrogen and oxygen atoms in total. The topological polar surface area (TPSA) is 105 Å². The number of nitrogens with one attached hydrogen (secondary N) is 2. The van der Waals surface area contributed by atoms with E-state index in [9.17, 15) is 23.9 Å². The molecule has 0 bridgehead atoms. The van der Waals surface area contributed by atoms with Gasteiger partial charge in [-0.15, -0.1) is 0 Å². The van der Waals surface area contributed by atoms with Crippen LogP contribution in [0.5, 0.6) is 0 Å². The van der Waals surface area contributed by atoms with Crippen LogP contribution in [0.1, 0.15) is 46.6 Å². The molecule has 0 spiro atoms. The highest BCUT2D eigenvalue weighted by Crippen LogP contribution is 2.12. The summed E-state index contributed by atoms with van der Waals surface area (Å²) >= 11 is 0. The van der Waals surface area contributed by atoms with Crippen molar-refractivity contribution in [2.24, 2.45) is 5.92 Å². The Morgan fingerprint density at radius 1 is 1.18 bits per heavy atom. The standard InChI is InChI=1S/C20H27FN2O5/c1-12(2)10-16(18(25)26)22-17(24)15(23-19(27)28-20(3,4)5)11-13-6-8-14(21)9-7-13/h6-9,11-12,16H,10H2,1-5H3,(H,22,24)(H,23,27)(H,25,26)/b15-11-/t16-/m0/s1. The molecule has 0 radical (unpaired) electrons. The van der Waals surface area contributed by atoms with Crippen LogP contribution in [0.3, 0.4) is 0 Å². The van der Waals surface area contributed by atoms with Crippen molar-refractivity contribution in [1.82, 2.24) is 10.6 Å². The number of carboxylic acids is 1. The Hall–Kier alpha value is -2.90. The number of carbonyl (C=O) groups excluding carboxylic acids is 2. The number of alkyl carbamates (subject to hydrolysis) is 1. The maximum absolute atomic E-state index is 13.1. The molecule has 1 aromatic rings. The zero-order valence-corrected chi connectivity index (χ0v) is 16.7. The Kier molecular flexibility index (Phi) is 8.16. The third-order valence-corrected chi connectivity index (χ3v) is 3.37. The number of aliphatic carboxylic acids is 1. The van der Waals surface area contributed by atoms with Crippen molar-refractivity contribution >= 4 is 24.0 Å². The number of hydrogen-bond acceptors (Lipinski definition) is 4. The molecule has 0 heterocycles. The molecule has 0 fully saturated rings. The van der Waals surface area contributed by atoms with Crippen molar-refractivity contribution in [1.29, 1.82) is 0 Å². The van der Waals surface area contributed by atoms with Gasteiger partial charge in [0.15, 0.2) is 0 Å². The van der Waals surface area contributed by atoms with Gasteiger partial charge in [-0.1, -0.05) is 26.0 Å². The predicted octanol–water partition coefficient (Wildman–Crippen LogP) is 3.31. The maximum Gasteiger partial charge on any atom is 0.412 e. The highest BCUT2D eigenvalue weighted by molar-refractivity contribution is 6.01. The van der Waals surface area contributed by atoms with Crippen molar-refractivity contribution in [3.63, 3.8) is 0 Å². The van der Waals surface area contributed by atoms with E-state index in [1.54, 1.807) is 20.8 Å². The first-order valence-corrected chi connectivity index (χ1v) is 8.88. The van der Waals surface area contributed by atoms with Gasteiger partial charge in [-0.05, 0) is 56.9 Å². The Morgan fingerprint density at radius 3 is 2.21 bits per heavy atom. The van der Waals surface area contributed by atoms with Crippen LogP contribution < -0.4 is 10.6 Å². The van der Waals surface area contributed by atoms with Gasteiger partial charge in [0.05, 0.1) is 0 Å². The molecule has 8 heteroatoms. The normalized spacial score (nSPS) is 13.0. The van der Waals surface area contributed by atoms with Gasteiger partial charge in [0.2, 0.25) is 0 Å². The molecule has 154 valence electrons. The zero-order chi connectivity index (χ0) is 21.5. The van der Waals surface area contributed by atoms with Crippen LogP contribution in [-0.2, 0) is 14.3 Å². The molecule has 0 saturated heterocycles. The molecule has 0 aromatic heterocycles. The number of carboxylic acid groups (broad SMARTS) is 1. The van der Waals surface area contributed by atoms with Crippen LogP contribution in [-0.4, -0.2) is 34.7 Å². The van der Waals surface area contributed by atoms with Crippen LogP contribution in [0, 0.1) is 11.7 Å². The van der Waals surface area contributed by atoms with Gasteiger partial charge in [0.25, 0.3) is 5.91 Å². The highest BCUT2D eigenvalue weighted by Gasteiger charge is 2.25. The molecule has 0 saturated carbocycles. The minimum absolute atomic E-state index is 0.0322. The van der Waals surface area contributed by atoms with E-state index in [-0.39, 0.29) is 18.0 Å². The molecule has 2 amide bonds. The van der Waals surface area contributed by atoms with Crippen molar-refractivity contribution in [3.8, 4) is 0 Å². The molecule has 0 unspecified atom stereocenters. The van der Waals surface area contributed by atoms with E-state index in [4.69, 9.17) is 4.74 Å². The summed E-state index contributed by atoms with van der Waals surface area (Å²) in [5, 5.41) is 14.1. The molecule has 0 aliphatic rings. The summed E-state index contributed by atoms with van der Waals surface area (Å²) in [4.78, 5) is 36.1. The Bertz CT molecular complexity index is 736. The molecular formula is C20H27FN2O5. The Labute approximate surface area is 164 Å². The van der Waals surface area contributed by atoms with E-state index in [0.717, 1.165) is 0 Å². The van der Waals surface area contributed by atoms with Crippen molar-refractivity contribution in [2.45, 2.75) is 52.7 Å². The quantitative estimate of drug-likeness (QED) is 0.616. The number of halogens is 1. The van der Waals surface area contributed by atoms with Gasteiger partial charge < -0.3 is 15.2 Å². The average molecular weight is 394 g/mol. The van der Waals surface area contributed by atoms with Gasteiger partial charge in [-0.2, -0.15) is 0 Å². The van der Waals surface area contributed by atoms with Crippen molar-refractivity contribution in [2.75, 3.05) is 0 Å². The van der Waals surface area contributed by atoms with E-state index < -0.39 is 35.4 Å². The highest BCUT2D eigenvalue weighted by atomic mass is 19.1. The van der Waals surface area contributed by atoms with E-state index in [0.29, 0.717) is 5.56 Å². The molecule has 28 heavy (non-hydrogen) atoms. The molecule has 1 rings (SSSR count). The van der Waals surface area contributed by atoms with Crippen molar-refractivity contribution in [3.05, 3.63) is 41.3 Å². The minimum Gasteiger partial charge on any atom is -0.480 e. The van der Waals surface area contributed by atoms with Gasteiger partial charge >= 0.3 is 12.1 Å². The van der Waals surface area contributed by atoms with Gasteiger partial charge in [0.1, 0.15) is 23.2 Å². The molecule has 1 aromatic carbocycles. The number of ether oxygens (including phenoxy) is 1. The van der Waals surface area contributed by atoms with E-state index in [1.165, 1.54) is 30.3 Å². The fourth-order valence-corrected chi connectivity index (χ4v) is 2.23. The monoisotopic (exact) mass is 394 g/mol. The van der Waals surface area contributed by atoms with Crippen LogP contribution in [0.15, 0.2) is 30.0 Å². The lowest BCUT2D eigenvalue weighted by atomic mass is 10.0. The second-order valence-electron chi connectivity index (χ2n) is 7.73. The second-order valence-corrected chi connectivity index (χ2v) is 7.73. The van der Waals surface area contributed by atoms with Crippen molar-refractivity contribution < 1.29 is 28.6 Å². The lowest BCUT2D eigenvalue weighted by Gasteiger charge is -2.21. The number of rotatable bonds is 7. The first-order chi connectivity index (χ1) is 12.9. The lowest BCUT2D eigenvalue weighted by Crippen LogP contribution is -2.45.